The lowest BCUT2D eigenvalue weighted by Gasteiger charge is -2.40. The summed E-state index contributed by atoms with van der Waals surface area (Å²) < 4.78 is 68.4. The fourth-order valence-corrected chi connectivity index (χ4v) is 5.60. The van der Waals surface area contributed by atoms with Gasteiger partial charge in [-0.2, -0.15) is 22.7 Å². The number of piperazine rings is 1. The molecule has 1 unspecified atom stereocenters. The summed E-state index contributed by atoms with van der Waals surface area (Å²) in [4.78, 5) is 1.64. The fraction of sp³-hybridized carbons (Fsp3) is 0.316. The van der Waals surface area contributed by atoms with E-state index in [-0.39, 0.29) is 35.8 Å². The van der Waals surface area contributed by atoms with E-state index >= 15 is 0 Å². The molecule has 1 heterocycles. The molecule has 1 saturated heterocycles. The lowest BCUT2D eigenvalue weighted by molar-refractivity contribution is -0.137. The third kappa shape index (κ3) is 4.42. The second kappa shape index (κ2) is 7.97. The van der Waals surface area contributed by atoms with Crippen LogP contribution in [0.1, 0.15) is 18.1 Å². The second-order valence-electron chi connectivity index (χ2n) is 6.71. The summed E-state index contributed by atoms with van der Waals surface area (Å²) in [5.41, 5.74) is -1.03. The van der Waals surface area contributed by atoms with E-state index in [1.165, 1.54) is 33.5 Å². The van der Waals surface area contributed by atoms with Crippen molar-refractivity contribution in [2.45, 2.75) is 24.0 Å². The Labute approximate surface area is 175 Å². The topological polar surface area (TPSA) is 64.4 Å². The summed E-state index contributed by atoms with van der Waals surface area (Å²) in [5, 5.41) is 8.92. The molecule has 0 amide bonds. The maximum absolute atomic E-state index is 13.5. The molecular formula is C19H17BrF3N3O2S. The van der Waals surface area contributed by atoms with Crippen molar-refractivity contribution in [2.75, 3.05) is 24.5 Å². The molecule has 29 heavy (non-hydrogen) atoms. The first kappa shape index (κ1) is 21.6. The first-order chi connectivity index (χ1) is 13.5. The molecule has 0 saturated carbocycles. The van der Waals surface area contributed by atoms with E-state index in [0.717, 1.165) is 6.07 Å². The van der Waals surface area contributed by atoms with Gasteiger partial charge in [-0.1, -0.05) is 22.0 Å². The number of hydrogen-bond donors (Lipinski definition) is 0. The normalized spacial score (nSPS) is 18.5. The average Bonchev–Trinajstić information content (AvgIpc) is 2.66. The number of nitriles is 1. The Morgan fingerprint density at radius 2 is 1.90 bits per heavy atom. The highest BCUT2D eigenvalue weighted by atomic mass is 79.9. The van der Waals surface area contributed by atoms with Crippen LogP contribution in [0.5, 0.6) is 0 Å². The Morgan fingerprint density at radius 3 is 2.48 bits per heavy atom. The van der Waals surface area contributed by atoms with Crippen LogP contribution in [0.3, 0.4) is 0 Å². The molecule has 1 aliphatic rings. The van der Waals surface area contributed by atoms with Crippen molar-refractivity contribution in [2.24, 2.45) is 0 Å². The molecule has 0 aromatic heterocycles. The Bertz CT molecular complexity index is 1070. The number of rotatable bonds is 3. The van der Waals surface area contributed by atoms with Crippen LogP contribution in [-0.4, -0.2) is 38.4 Å². The van der Waals surface area contributed by atoms with Crippen molar-refractivity contribution in [3.63, 3.8) is 0 Å². The number of alkyl halides is 3. The predicted octanol–water partition coefficient (Wildman–Crippen LogP) is 4.24. The zero-order valence-electron chi connectivity index (χ0n) is 15.3. The summed E-state index contributed by atoms with van der Waals surface area (Å²) in [6, 6.07) is 10.9. The molecule has 0 aliphatic carbocycles. The van der Waals surface area contributed by atoms with Gasteiger partial charge in [0.05, 0.1) is 22.1 Å². The van der Waals surface area contributed by atoms with E-state index in [4.69, 9.17) is 5.26 Å². The molecule has 154 valence electrons. The van der Waals surface area contributed by atoms with Gasteiger partial charge in [-0.3, -0.25) is 0 Å². The molecule has 0 bridgehead atoms. The Kier molecular flexibility index (Phi) is 5.94. The smallest absolute Gasteiger partial charge is 0.368 e. The molecule has 10 heteroatoms. The Hall–Kier alpha value is -2.09. The largest absolute Gasteiger partial charge is 0.418 e. The number of hydrogen-bond acceptors (Lipinski definition) is 4. The van der Waals surface area contributed by atoms with E-state index in [0.29, 0.717) is 4.47 Å². The van der Waals surface area contributed by atoms with Crippen LogP contribution >= 0.6 is 15.9 Å². The first-order valence-corrected chi connectivity index (χ1v) is 10.9. The summed E-state index contributed by atoms with van der Waals surface area (Å²) in [6.07, 6.45) is -4.62. The Morgan fingerprint density at radius 1 is 1.17 bits per heavy atom. The molecule has 1 fully saturated rings. The van der Waals surface area contributed by atoms with E-state index in [1.54, 1.807) is 25.1 Å². The van der Waals surface area contributed by atoms with Crippen LogP contribution in [-0.2, 0) is 16.2 Å². The van der Waals surface area contributed by atoms with E-state index in [9.17, 15) is 21.6 Å². The minimum atomic E-state index is -4.62. The molecule has 2 aromatic carbocycles. The molecule has 3 rings (SSSR count). The first-order valence-electron chi connectivity index (χ1n) is 8.68. The monoisotopic (exact) mass is 487 g/mol. The maximum Gasteiger partial charge on any atom is 0.418 e. The Balaban J connectivity index is 1.89. The standard InChI is InChI=1S/C19H17BrF3N3O2S/c1-13-12-25(18-6-5-14(11-24)9-17(18)19(21,22)23)7-8-26(13)29(27,28)16-4-2-3-15(20)10-16/h2-6,9-10,13H,7-8,12H2,1H3. The number of nitrogens with zero attached hydrogens (tertiary/aromatic N) is 3. The highest BCUT2D eigenvalue weighted by Gasteiger charge is 2.38. The number of halogens is 4. The maximum atomic E-state index is 13.5. The van der Waals surface area contributed by atoms with E-state index in [1.807, 2.05) is 0 Å². The fourth-order valence-electron chi connectivity index (χ4n) is 3.39. The van der Waals surface area contributed by atoms with Crippen molar-refractivity contribution < 1.29 is 21.6 Å². The molecule has 0 N–H and O–H groups in total. The molecule has 1 atom stereocenters. The SMILES string of the molecule is CC1CN(c2ccc(C#N)cc2C(F)(F)F)CCN1S(=O)(=O)c1cccc(Br)c1. The third-order valence-corrected chi connectivity index (χ3v) is 7.24. The summed E-state index contributed by atoms with van der Waals surface area (Å²) in [7, 11) is -3.78. The van der Waals surface area contributed by atoms with Crippen molar-refractivity contribution in [1.82, 2.24) is 4.31 Å². The molecular weight excluding hydrogens is 471 g/mol. The van der Waals surface area contributed by atoms with Gasteiger partial charge in [0.25, 0.3) is 0 Å². The van der Waals surface area contributed by atoms with Crippen LogP contribution in [0.2, 0.25) is 0 Å². The molecule has 0 spiro atoms. The van der Waals surface area contributed by atoms with Crippen LogP contribution in [0, 0.1) is 11.3 Å². The zero-order chi connectivity index (χ0) is 21.4. The van der Waals surface area contributed by atoms with E-state index in [2.05, 4.69) is 15.9 Å². The quantitative estimate of drug-likeness (QED) is 0.649. The highest BCUT2D eigenvalue weighted by molar-refractivity contribution is 9.10. The number of benzene rings is 2. The van der Waals surface area contributed by atoms with Crippen LogP contribution in [0.15, 0.2) is 51.8 Å². The average molecular weight is 488 g/mol. The van der Waals surface area contributed by atoms with Gasteiger partial charge in [-0.15, -0.1) is 0 Å². The molecule has 2 aromatic rings. The van der Waals surface area contributed by atoms with E-state index < -0.39 is 27.8 Å². The summed E-state index contributed by atoms with van der Waals surface area (Å²) >= 11 is 3.25. The number of anilines is 1. The van der Waals surface area contributed by atoms with Crippen LogP contribution in [0.25, 0.3) is 0 Å². The van der Waals surface area contributed by atoms with Gasteiger partial charge in [0, 0.05) is 35.8 Å². The minimum absolute atomic E-state index is 0.0489. The van der Waals surface area contributed by atoms with Crippen molar-refractivity contribution >= 4 is 31.6 Å². The minimum Gasteiger partial charge on any atom is -0.368 e. The van der Waals surface area contributed by atoms with Crippen LogP contribution in [0.4, 0.5) is 18.9 Å². The van der Waals surface area contributed by atoms with Gasteiger partial charge >= 0.3 is 6.18 Å². The van der Waals surface area contributed by atoms with Crippen molar-refractivity contribution in [1.29, 1.82) is 5.26 Å². The van der Waals surface area contributed by atoms with Gasteiger partial charge < -0.3 is 4.90 Å². The van der Waals surface area contributed by atoms with Gasteiger partial charge in [-0.05, 0) is 43.3 Å². The second-order valence-corrected chi connectivity index (χ2v) is 9.52. The summed E-state index contributed by atoms with van der Waals surface area (Å²) in [6.45, 7) is 1.92. The number of sulfonamides is 1. The van der Waals surface area contributed by atoms with Crippen molar-refractivity contribution in [3.05, 3.63) is 58.1 Å². The molecule has 5 nitrogen and oxygen atoms in total. The van der Waals surface area contributed by atoms with Gasteiger partial charge in [0.2, 0.25) is 10.0 Å². The predicted molar refractivity (Wildman–Crippen MR) is 106 cm³/mol. The lowest BCUT2D eigenvalue weighted by Crippen LogP contribution is -2.54. The lowest BCUT2D eigenvalue weighted by atomic mass is 10.1. The zero-order valence-corrected chi connectivity index (χ0v) is 17.7. The van der Waals surface area contributed by atoms with Gasteiger partial charge in [0.15, 0.2) is 0 Å². The van der Waals surface area contributed by atoms with Crippen LogP contribution < -0.4 is 4.90 Å². The summed E-state index contributed by atoms with van der Waals surface area (Å²) in [5.74, 6) is 0. The molecule has 0 radical (unpaired) electrons. The van der Waals surface area contributed by atoms with Gasteiger partial charge in [0.1, 0.15) is 0 Å². The highest BCUT2D eigenvalue weighted by Crippen LogP contribution is 2.38. The molecule has 1 aliphatic heterocycles. The third-order valence-electron chi connectivity index (χ3n) is 4.74. The van der Waals surface area contributed by atoms with Crippen molar-refractivity contribution in [3.8, 4) is 6.07 Å². The van der Waals surface area contributed by atoms with Gasteiger partial charge in [-0.25, -0.2) is 8.42 Å².